The second kappa shape index (κ2) is 7.90. The lowest BCUT2D eigenvalue weighted by molar-refractivity contribution is 0.0942. The molecule has 0 bridgehead atoms. The number of benzene rings is 1. The lowest BCUT2D eigenvalue weighted by Crippen LogP contribution is -2.23. The minimum atomic E-state index is -0.214. The van der Waals surface area contributed by atoms with Gasteiger partial charge in [0, 0.05) is 34.4 Å². The molecule has 5 nitrogen and oxygen atoms in total. The van der Waals surface area contributed by atoms with E-state index in [4.69, 9.17) is 0 Å². The molecule has 3 rings (SSSR count). The maximum Gasteiger partial charge on any atom is 0.271 e. The van der Waals surface area contributed by atoms with Crippen molar-refractivity contribution in [3.63, 3.8) is 0 Å². The Kier molecular flexibility index (Phi) is 5.62. The molecular formula is C17H14BrN3O2S2. The van der Waals surface area contributed by atoms with Gasteiger partial charge in [-0.1, -0.05) is 12.1 Å². The summed E-state index contributed by atoms with van der Waals surface area (Å²) in [5.74, 6) is -0.348. The molecule has 0 atom stereocenters. The summed E-state index contributed by atoms with van der Waals surface area (Å²) in [6, 6.07) is 9.09. The van der Waals surface area contributed by atoms with Crippen LogP contribution in [0, 0.1) is 0 Å². The Hall–Kier alpha value is -2.03. The van der Waals surface area contributed by atoms with Gasteiger partial charge in [0.05, 0.1) is 4.88 Å². The third-order valence-electron chi connectivity index (χ3n) is 3.41. The summed E-state index contributed by atoms with van der Waals surface area (Å²) >= 11 is 6.44. The third kappa shape index (κ3) is 4.33. The second-order valence-electron chi connectivity index (χ2n) is 5.13. The quantitative estimate of drug-likeness (QED) is 0.637. The van der Waals surface area contributed by atoms with Crippen molar-refractivity contribution in [2.45, 2.75) is 6.54 Å². The van der Waals surface area contributed by atoms with E-state index in [2.05, 4.69) is 31.5 Å². The molecule has 0 unspecified atom stereocenters. The van der Waals surface area contributed by atoms with Crippen molar-refractivity contribution in [2.24, 2.45) is 0 Å². The summed E-state index contributed by atoms with van der Waals surface area (Å²) in [5, 5.41) is 9.99. The molecule has 25 heavy (non-hydrogen) atoms. The smallest absolute Gasteiger partial charge is 0.271 e. The van der Waals surface area contributed by atoms with Gasteiger partial charge in [-0.3, -0.25) is 9.59 Å². The van der Waals surface area contributed by atoms with E-state index in [9.17, 15) is 9.59 Å². The Morgan fingerprint density at radius 3 is 2.52 bits per heavy atom. The Labute approximate surface area is 161 Å². The third-order valence-corrected chi connectivity index (χ3v) is 6.11. The van der Waals surface area contributed by atoms with Crippen LogP contribution in [0.3, 0.4) is 0 Å². The van der Waals surface area contributed by atoms with E-state index in [1.807, 2.05) is 23.6 Å². The summed E-state index contributed by atoms with van der Waals surface area (Å²) in [6.45, 7) is 0.379. The van der Waals surface area contributed by atoms with E-state index in [0.29, 0.717) is 17.8 Å². The number of carbonyl (C=O) groups is 2. The molecule has 2 amide bonds. The average Bonchev–Trinajstić information content (AvgIpc) is 3.28. The number of nitrogens with zero attached hydrogens (tertiary/aromatic N) is 1. The number of thiophene rings is 1. The number of hydrogen-bond donors (Lipinski definition) is 2. The van der Waals surface area contributed by atoms with Gasteiger partial charge in [-0.2, -0.15) is 0 Å². The summed E-state index contributed by atoms with van der Waals surface area (Å²) in [4.78, 5) is 29.2. The fraction of sp³-hybridized carbons (Fsp3) is 0.118. The highest BCUT2D eigenvalue weighted by Gasteiger charge is 2.13. The predicted octanol–water partition coefficient (Wildman–Crippen LogP) is 3.92. The second-order valence-corrected chi connectivity index (χ2v) is 7.81. The predicted molar refractivity (Wildman–Crippen MR) is 104 cm³/mol. The van der Waals surface area contributed by atoms with Crippen molar-refractivity contribution in [2.75, 3.05) is 7.05 Å². The van der Waals surface area contributed by atoms with Gasteiger partial charge in [0.25, 0.3) is 11.8 Å². The first-order chi connectivity index (χ1) is 12.1. The van der Waals surface area contributed by atoms with E-state index >= 15 is 0 Å². The number of rotatable bonds is 5. The molecule has 8 heteroatoms. The van der Waals surface area contributed by atoms with Crippen LogP contribution in [0.25, 0.3) is 9.88 Å². The molecule has 1 aromatic carbocycles. The summed E-state index contributed by atoms with van der Waals surface area (Å²) < 4.78 is 1.01. The van der Waals surface area contributed by atoms with Crippen LogP contribution in [0.15, 0.2) is 45.6 Å². The highest BCUT2D eigenvalue weighted by Crippen LogP contribution is 2.31. The average molecular weight is 436 g/mol. The Morgan fingerprint density at radius 2 is 1.88 bits per heavy atom. The summed E-state index contributed by atoms with van der Waals surface area (Å²) in [5.41, 5.74) is 1.91. The molecule has 0 saturated carbocycles. The van der Waals surface area contributed by atoms with Crippen molar-refractivity contribution >= 4 is 50.4 Å². The zero-order valence-electron chi connectivity index (χ0n) is 13.2. The first kappa shape index (κ1) is 17.8. The minimum Gasteiger partial charge on any atom is -0.355 e. The highest BCUT2D eigenvalue weighted by molar-refractivity contribution is 9.10. The lowest BCUT2D eigenvalue weighted by atomic mass is 10.1. The fourth-order valence-corrected chi connectivity index (χ4v) is 4.42. The number of amides is 2. The molecular weight excluding hydrogens is 422 g/mol. The number of aromatic nitrogens is 1. The van der Waals surface area contributed by atoms with Gasteiger partial charge in [0.1, 0.15) is 10.7 Å². The number of hydrogen-bond acceptors (Lipinski definition) is 5. The van der Waals surface area contributed by atoms with Crippen LogP contribution in [0.2, 0.25) is 0 Å². The van der Waals surface area contributed by atoms with Crippen LogP contribution in [0.5, 0.6) is 0 Å². The number of nitrogens with one attached hydrogen (secondary N) is 2. The van der Waals surface area contributed by atoms with Crippen LogP contribution in [0.1, 0.15) is 26.4 Å². The SMILES string of the molecule is CNC(=O)c1ccc(CNC(=O)c2csc(-c3cc(Br)cs3)n2)cc1. The molecule has 2 aromatic heterocycles. The molecule has 0 aliphatic heterocycles. The van der Waals surface area contributed by atoms with Gasteiger partial charge in [-0.25, -0.2) is 4.98 Å². The fourth-order valence-electron chi connectivity index (χ4n) is 2.11. The van der Waals surface area contributed by atoms with Crippen LogP contribution in [-0.2, 0) is 6.54 Å². The van der Waals surface area contributed by atoms with Crippen LogP contribution in [0.4, 0.5) is 0 Å². The van der Waals surface area contributed by atoms with Crippen molar-refractivity contribution in [3.05, 3.63) is 62.4 Å². The maximum atomic E-state index is 12.3. The van der Waals surface area contributed by atoms with Crippen molar-refractivity contribution < 1.29 is 9.59 Å². The topological polar surface area (TPSA) is 71.1 Å². The van der Waals surface area contributed by atoms with Gasteiger partial charge in [0.15, 0.2) is 0 Å². The molecule has 0 radical (unpaired) electrons. The van der Waals surface area contributed by atoms with Crippen molar-refractivity contribution in [1.82, 2.24) is 15.6 Å². The van der Waals surface area contributed by atoms with Crippen molar-refractivity contribution in [1.29, 1.82) is 0 Å². The summed E-state index contributed by atoms with van der Waals surface area (Å²) in [6.07, 6.45) is 0. The molecule has 0 aliphatic rings. The van der Waals surface area contributed by atoms with Gasteiger partial charge in [-0.15, -0.1) is 22.7 Å². The number of thiazole rings is 1. The van der Waals surface area contributed by atoms with Crippen molar-refractivity contribution in [3.8, 4) is 9.88 Å². The number of carbonyl (C=O) groups excluding carboxylic acids is 2. The Balaban J connectivity index is 1.61. The molecule has 2 heterocycles. The first-order valence-electron chi connectivity index (χ1n) is 7.36. The monoisotopic (exact) mass is 435 g/mol. The molecule has 0 aliphatic carbocycles. The molecule has 128 valence electrons. The standard InChI is InChI=1S/C17H14BrN3O2S2/c1-19-15(22)11-4-2-10(3-5-11)7-20-16(23)13-9-25-17(21-13)14-6-12(18)8-24-14/h2-6,8-9H,7H2,1H3,(H,19,22)(H,20,23). The van der Waals surface area contributed by atoms with Crippen LogP contribution < -0.4 is 10.6 Å². The zero-order valence-corrected chi connectivity index (χ0v) is 16.4. The molecule has 2 N–H and O–H groups in total. The Morgan fingerprint density at radius 1 is 1.12 bits per heavy atom. The normalized spacial score (nSPS) is 10.5. The lowest BCUT2D eigenvalue weighted by Gasteiger charge is -2.05. The largest absolute Gasteiger partial charge is 0.355 e. The molecule has 0 saturated heterocycles. The molecule has 0 spiro atoms. The Bertz CT molecular complexity index is 903. The molecule has 3 aromatic rings. The zero-order chi connectivity index (χ0) is 17.8. The van der Waals surface area contributed by atoms with E-state index in [1.54, 1.807) is 35.9 Å². The van der Waals surface area contributed by atoms with Gasteiger partial charge < -0.3 is 10.6 Å². The minimum absolute atomic E-state index is 0.134. The van der Waals surface area contributed by atoms with Gasteiger partial charge >= 0.3 is 0 Å². The van der Waals surface area contributed by atoms with E-state index < -0.39 is 0 Å². The summed E-state index contributed by atoms with van der Waals surface area (Å²) in [7, 11) is 1.59. The van der Waals surface area contributed by atoms with Gasteiger partial charge in [-0.05, 0) is 39.7 Å². The first-order valence-corrected chi connectivity index (χ1v) is 9.91. The van der Waals surface area contributed by atoms with E-state index in [0.717, 1.165) is 19.9 Å². The molecule has 0 fully saturated rings. The van der Waals surface area contributed by atoms with E-state index in [-0.39, 0.29) is 11.8 Å². The van der Waals surface area contributed by atoms with Crippen LogP contribution >= 0.6 is 38.6 Å². The number of halogens is 1. The maximum absolute atomic E-state index is 12.3. The van der Waals surface area contributed by atoms with Gasteiger partial charge in [0.2, 0.25) is 0 Å². The van der Waals surface area contributed by atoms with Crippen LogP contribution in [-0.4, -0.2) is 23.8 Å². The highest BCUT2D eigenvalue weighted by atomic mass is 79.9. The van der Waals surface area contributed by atoms with E-state index in [1.165, 1.54) is 11.3 Å².